The minimum absolute atomic E-state index is 0.0468. The predicted octanol–water partition coefficient (Wildman–Crippen LogP) is 4.15. The Morgan fingerprint density at radius 1 is 0.897 bits per heavy atom. The zero-order chi connectivity index (χ0) is 21.2. The van der Waals surface area contributed by atoms with Crippen molar-refractivity contribution >= 4 is 17.3 Å². The normalized spacial score (nSPS) is 27.1. The Bertz CT molecular complexity index is 930. The molecular formula is C24H28O5. The number of carbonyl (C=O) groups excluding carboxylic acids is 3. The quantitative estimate of drug-likeness (QED) is 0.703. The monoisotopic (exact) mass is 396 g/mol. The fourth-order valence-electron chi connectivity index (χ4n) is 5.21. The Balaban J connectivity index is 1.95. The second-order valence-electron chi connectivity index (χ2n) is 10.2. The van der Waals surface area contributed by atoms with Crippen molar-refractivity contribution in [1.29, 1.82) is 0 Å². The van der Waals surface area contributed by atoms with Gasteiger partial charge in [-0.15, -0.1) is 0 Å². The van der Waals surface area contributed by atoms with Crippen LogP contribution in [-0.4, -0.2) is 30.1 Å². The zero-order valence-electron chi connectivity index (χ0n) is 17.8. The molecule has 29 heavy (non-hydrogen) atoms. The fourth-order valence-corrected chi connectivity index (χ4v) is 5.21. The van der Waals surface area contributed by atoms with Gasteiger partial charge in [-0.25, -0.2) is 0 Å². The van der Waals surface area contributed by atoms with Gasteiger partial charge in [-0.1, -0.05) is 45.9 Å². The third-order valence-corrected chi connectivity index (χ3v) is 6.42. The molecule has 0 unspecified atom stereocenters. The van der Waals surface area contributed by atoms with Gasteiger partial charge in [0.25, 0.3) is 0 Å². The molecule has 2 aliphatic carbocycles. The van der Waals surface area contributed by atoms with Crippen molar-refractivity contribution in [3.8, 4) is 5.75 Å². The van der Waals surface area contributed by atoms with Gasteiger partial charge in [-0.05, 0) is 16.9 Å². The number of ketones is 3. The summed E-state index contributed by atoms with van der Waals surface area (Å²) in [5.41, 5.74) is -1.21. The van der Waals surface area contributed by atoms with Crippen LogP contribution < -0.4 is 4.74 Å². The van der Waals surface area contributed by atoms with E-state index in [2.05, 4.69) is 0 Å². The average molecular weight is 396 g/mol. The van der Waals surface area contributed by atoms with Crippen molar-refractivity contribution in [2.45, 2.75) is 64.9 Å². The minimum Gasteiger partial charge on any atom is -0.496 e. The summed E-state index contributed by atoms with van der Waals surface area (Å²) in [5, 5.41) is 0. The number of methoxy groups -OCH3 is 1. The number of carbonyl (C=O) groups is 3. The van der Waals surface area contributed by atoms with E-state index in [9.17, 15) is 14.4 Å². The van der Waals surface area contributed by atoms with Crippen LogP contribution in [0.15, 0.2) is 35.6 Å². The molecule has 1 atom stereocenters. The highest BCUT2D eigenvalue weighted by Gasteiger charge is 2.65. The molecule has 1 aromatic rings. The molecule has 0 aromatic heterocycles. The molecule has 4 rings (SSSR count). The lowest BCUT2D eigenvalue weighted by molar-refractivity contribution is -0.160. The second kappa shape index (κ2) is 6.28. The van der Waals surface area contributed by atoms with E-state index in [-0.39, 0.29) is 35.6 Å². The van der Waals surface area contributed by atoms with E-state index in [1.54, 1.807) is 13.2 Å². The van der Waals surface area contributed by atoms with Gasteiger partial charge in [-0.2, -0.15) is 0 Å². The van der Waals surface area contributed by atoms with Crippen molar-refractivity contribution in [1.82, 2.24) is 0 Å². The van der Waals surface area contributed by atoms with Crippen LogP contribution in [0.4, 0.5) is 0 Å². The summed E-state index contributed by atoms with van der Waals surface area (Å²) in [6.07, 6.45) is 1.38. The molecule has 0 N–H and O–H groups in total. The minimum atomic E-state index is -1.66. The van der Waals surface area contributed by atoms with E-state index in [1.807, 2.05) is 45.9 Å². The first-order chi connectivity index (χ1) is 13.5. The van der Waals surface area contributed by atoms with Gasteiger partial charge in [0.05, 0.1) is 13.0 Å². The molecule has 0 saturated heterocycles. The average Bonchev–Trinajstić information content (AvgIpc) is 2.94. The molecular weight excluding hydrogens is 368 g/mol. The highest BCUT2D eigenvalue weighted by atomic mass is 16.5. The number of rotatable bonds is 2. The largest absolute Gasteiger partial charge is 0.496 e. The zero-order valence-corrected chi connectivity index (χ0v) is 17.8. The smallest absolute Gasteiger partial charge is 0.235 e. The van der Waals surface area contributed by atoms with E-state index in [1.165, 1.54) is 0 Å². The van der Waals surface area contributed by atoms with Crippen molar-refractivity contribution < 1.29 is 23.9 Å². The van der Waals surface area contributed by atoms with Crippen LogP contribution in [-0.2, 0) is 19.1 Å². The summed E-state index contributed by atoms with van der Waals surface area (Å²) in [4.78, 5) is 40.3. The Morgan fingerprint density at radius 3 is 2.10 bits per heavy atom. The molecule has 5 heteroatoms. The molecule has 1 heterocycles. The molecule has 0 amide bonds. The predicted molar refractivity (Wildman–Crippen MR) is 108 cm³/mol. The van der Waals surface area contributed by atoms with Gasteiger partial charge < -0.3 is 9.47 Å². The molecule has 0 bridgehead atoms. The number of hydrogen-bond donors (Lipinski definition) is 0. The van der Waals surface area contributed by atoms with E-state index >= 15 is 0 Å². The maximum atomic E-state index is 13.5. The van der Waals surface area contributed by atoms with Gasteiger partial charge in [0, 0.05) is 36.8 Å². The van der Waals surface area contributed by atoms with E-state index in [0.717, 1.165) is 0 Å². The van der Waals surface area contributed by atoms with Gasteiger partial charge in [0.15, 0.2) is 17.3 Å². The van der Waals surface area contributed by atoms with Crippen LogP contribution in [0.25, 0.3) is 0 Å². The lowest BCUT2D eigenvalue weighted by Gasteiger charge is -2.41. The highest BCUT2D eigenvalue weighted by Crippen LogP contribution is 2.58. The van der Waals surface area contributed by atoms with Crippen LogP contribution in [0.5, 0.6) is 5.75 Å². The maximum absolute atomic E-state index is 13.5. The number of para-hydroxylation sites is 1. The van der Waals surface area contributed by atoms with E-state index < -0.39 is 16.9 Å². The van der Waals surface area contributed by atoms with Gasteiger partial charge in [-0.3, -0.25) is 14.4 Å². The Morgan fingerprint density at radius 2 is 1.48 bits per heavy atom. The van der Waals surface area contributed by atoms with Crippen molar-refractivity contribution in [3.63, 3.8) is 0 Å². The van der Waals surface area contributed by atoms with Crippen LogP contribution in [0.3, 0.4) is 0 Å². The maximum Gasteiger partial charge on any atom is 0.235 e. The lowest BCUT2D eigenvalue weighted by atomic mass is 9.61. The first-order valence-corrected chi connectivity index (χ1v) is 10.2. The molecule has 1 saturated carbocycles. The van der Waals surface area contributed by atoms with Gasteiger partial charge >= 0.3 is 0 Å². The molecule has 0 radical (unpaired) electrons. The summed E-state index contributed by atoms with van der Waals surface area (Å²) in [5.74, 6) is -0.229. The van der Waals surface area contributed by atoms with Gasteiger partial charge in [0.2, 0.25) is 5.60 Å². The molecule has 1 spiro atoms. The topological polar surface area (TPSA) is 69.7 Å². The highest BCUT2D eigenvalue weighted by molar-refractivity contribution is 6.17. The third-order valence-electron chi connectivity index (χ3n) is 6.42. The number of allylic oxidation sites excluding steroid dienone is 1. The molecule has 1 aromatic carbocycles. The van der Waals surface area contributed by atoms with Crippen LogP contribution in [0, 0.1) is 10.8 Å². The number of ether oxygens (including phenoxy) is 2. The Hall–Kier alpha value is -2.43. The summed E-state index contributed by atoms with van der Waals surface area (Å²) in [6, 6.07) is 7.29. The standard InChI is InChI=1S/C24H28O5/c1-22(2)10-15(25)20-17(11-22)29-24(18(26)12-23(3,4)13-19(24)27)21(20)14-8-6-7-9-16(14)28-5/h6-9,21H,10-13H2,1-5H3/t21-/m1/s1. The van der Waals surface area contributed by atoms with Crippen LogP contribution >= 0.6 is 0 Å². The van der Waals surface area contributed by atoms with Gasteiger partial charge in [0.1, 0.15) is 11.5 Å². The molecule has 3 aliphatic rings. The van der Waals surface area contributed by atoms with E-state index in [4.69, 9.17) is 9.47 Å². The van der Waals surface area contributed by atoms with Crippen molar-refractivity contribution in [2.24, 2.45) is 10.8 Å². The van der Waals surface area contributed by atoms with Crippen molar-refractivity contribution in [2.75, 3.05) is 7.11 Å². The summed E-state index contributed by atoms with van der Waals surface area (Å²) >= 11 is 0. The Kier molecular flexibility index (Phi) is 4.30. The number of benzene rings is 1. The summed E-state index contributed by atoms with van der Waals surface area (Å²) in [6.45, 7) is 7.86. The summed E-state index contributed by atoms with van der Waals surface area (Å²) < 4.78 is 11.8. The molecule has 1 fully saturated rings. The van der Waals surface area contributed by atoms with E-state index in [0.29, 0.717) is 35.5 Å². The molecule has 5 nitrogen and oxygen atoms in total. The van der Waals surface area contributed by atoms with Crippen LogP contribution in [0.1, 0.15) is 64.9 Å². The Labute approximate surface area is 171 Å². The summed E-state index contributed by atoms with van der Waals surface area (Å²) in [7, 11) is 1.55. The number of hydrogen-bond acceptors (Lipinski definition) is 5. The second-order valence-corrected chi connectivity index (χ2v) is 10.2. The number of Topliss-reactive ketones (excluding diaryl/α,β-unsaturated/α-hetero) is 3. The fraction of sp³-hybridized carbons (Fsp3) is 0.542. The molecule has 1 aliphatic heterocycles. The van der Waals surface area contributed by atoms with Crippen LogP contribution in [0.2, 0.25) is 0 Å². The first-order valence-electron chi connectivity index (χ1n) is 10.2. The lowest BCUT2D eigenvalue weighted by Crippen LogP contribution is -2.57. The third kappa shape index (κ3) is 2.93. The van der Waals surface area contributed by atoms with Crippen molar-refractivity contribution in [3.05, 3.63) is 41.2 Å². The SMILES string of the molecule is COc1ccccc1[C@@H]1C2=C(CC(C)(C)CC2=O)OC12C(=O)CC(C)(C)CC2=O. The first kappa shape index (κ1) is 19.9. The molecule has 154 valence electrons.